The van der Waals surface area contributed by atoms with E-state index < -0.39 is 0 Å². The summed E-state index contributed by atoms with van der Waals surface area (Å²) in [4.78, 5) is 2.19. The molecule has 0 spiro atoms. The van der Waals surface area contributed by atoms with Crippen molar-refractivity contribution in [1.82, 2.24) is 4.90 Å². The predicted octanol–water partition coefficient (Wildman–Crippen LogP) is 1.50. The fourth-order valence-corrected chi connectivity index (χ4v) is 1.25. The molecule has 0 saturated carbocycles. The van der Waals surface area contributed by atoms with Gasteiger partial charge in [-0.1, -0.05) is 6.92 Å². The highest BCUT2D eigenvalue weighted by atomic mass is 16.3. The Morgan fingerprint density at radius 3 is 2.69 bits per heavy atom. The van der Waals surface area contributed by atoms with Gasteiger partial charge < -0.3 is 10.2 Å². The highest BCUT2D eigenvalue weighted by molar-refractivity contribution is 5.20. The summed E-state index contributed by atoms with van der Waals surface area (Å²) in [7, 11) is 2.07. The molecule has 0 aliphatic carbocycles. The van der Waals surface area contributed by atoms with Crippen molar-refractivity contribution < 1.29 is 4.42 Å². The molecular formula is C10H18N2O. The second-order valence-corrected chi connectivity index (χ2v) is 3.33. The monoisotopic (exact) mass is 182 g/mol. The number of aryl methyl sites for hydroxylation is 1. The number of rotatable bonds is 4. The van der Waals surface area contributed by atoms with Gasteiger partial charge in [-0.05, 0) is 26.6 Å². The molecule has 1 heterocycles. The minimum absolute atomic E-state index is 0.561. The molecule has 0 radical (unpaired) electrons. The molecule has 0 saturated heterocycles. The largest absolute Gasteiger partial charge is 0.465 e. The number of nitrogens with zero attached hydrogens (tertiary/aromatic N) is 1. The maximum absolute atomic E-state index is 5.56. The van der Waals surface area contributed by atoms with Gasteiger partial charge >= 0.3 is 0 Å². The molecular weight excluding hydrogens is 164 g/mol. The lowest BCUT2D eigenvalue weighted by Crippen LogP contribution is -2.16. The van der Waals surface area contributed by atoms with Gasteiger partial charge in [0.1, 0.15) is 11.5 Å². The Morgan fingerprint density at radius 1 is 1.54 bits per heavy atom. The molecule has 3 heteroatoms. The normalized spacial score (nSPS) is 11.2. The van der Waals surface area contributed by atoms with Crippen LogP contribution < -0.4 is 5.73 Å². The average molecular weight is 182 g/mol. The predicted molar refractivity (Wildman–Crippen MR) is 53.3 cm³/mol. The Balaban J connectivity index is 2.67. The third-order valence-electron chi connectivity index (χ3n) is 2.26. The van der Waals surface area contributed by atoms with Crippen LogP contribution in [0.4, 0.5) is 0 Å². The van der Waals surface area contributed by atoms with Gasteiger partial charge in [0.25, 0.3) is 0 Å². The van der Waals surface area contributed by atoms with E-state index in [0.29, 0.717) is 6.54 Å². The number of hydrogen-bond donors (Lipinski definition) is 1. The van der Waals surface area contributed by atoms with E-state index in [1.165, 1.54) is 0 Å². The molecule has 0 amide bonds. The Morgan fingerprint density at radius 2 is 2.23 bits per heavy atom. The molecule has 3 nitrogen and oxygen atoms in total. The number of nitrogens with two attached hydrogens (primary N) is 1. The average Bonchev–Trinajstić information content (AvgIpc) is 2.46. The lowest BCUT2D eigenvalue weighted by atomic mass is 10.2. The van der Waals surface area contributed by atoms with E-state index in [1.807, 2.05) is 13.0 Å². The van der Waals surface area contributed by atoms with E-state index in [4.69, 9.17) is 10.2 Å². The third kappa shape index (κ3) is 2.57. The molecule has 0 atom stereocenters. The number of hydrogen-bond acceptors (Lipinski definition) is 3. The Labute approximate surface area is 79.5 Å². The topological polar surface area (TPSA) is 42.4 Å². The summed E-state index contributed by atoms with van der Waals surface area (Å²) >= 11 is 0. The van der Waals surface area contributed by atoms with Crippen molar-refractivity contribution in [2.75, 3.05) is 13.6 Å². The van der Waals surface area contributed by atoms with E-state index in [2.05, 4.69) is 18.9 Å². The molecule has 1 aromatic rings. The summed E-state index contributed by atoms with van der Waals surface area (Å²) in [6.45, 7) is 6.53. The van der Waals surface area contributed by atoms with Gasteiger partial charge in [-0.3, -0.25) is 4.90 Å². The molecule has 0 unspecified atom stereocenters. The van der Waals surface area contributed by atoms with E-state index in [0.717, 1.165) is 30.2 Å². The summed E-state index contributed by atoms with van der Waals surface area (Å²) in [6, 6.07) is 2.04. The van der Waals surface area contributed by atoms with Crippen molar-refractivity contribution in [2.45, 2.75) is 26.9 Å². The fraction of sp³-hybridized carbons (Fsp3) is 0.600. The van der Waals surface area contributed by atoms with Crippen LogP contribution in [-0.4, -0.2) is 18.5 Å². The van der Waals surface area contributed by atoms with Gasteiger partial charge in [-0.15, -0.1) is 0 Å². The molecule has 74 valence electrons. The Bertz CT molecular complexity index is 268. The second-order valence-electron chi connectivity index (χ2n) is 3.33. The van der Waals surface area contributed by atoms with Crippen LogP contribution in [0.15, 0.2) is 10.5 Å². The van der Waals surface area contributed by atoms with Crippen LogP contribution in [0.5, 0.6) is 0 Å². The zero-order chi connectivity index (χ0) is 9.84. The standard InChI is InChI=1S/C10H18N2O/c1-4-12(3)7-10-5-9(6-11)8(2)13-10/h5H,4,6-7,11H2,1-3H3. The van der Waals surface area contributed by atoms with Crippen LogP contribution in [0.1, 0.15) is 24.0 Å². The first-order chi connectivity index (χ1) is 6.17. The van der Waals surface area contributed by atoms with Gasteiger partial charge in [-0.25, -0.2) is 0 Å². The maximum atomic E-state index is 5.56. The van der Waals surface area contributed by atoms with Crippen LogP contribution in [0, 0.1) is 6.92 Å². The lowest BCUT2D eigenvalue weighted by molar-refractivity contribution is 0.306. The van der Waals surface area contributed by atoms with Crippen LogP contribution in [0.3, 0.4) is 0 Å². The first kappa shape index (κ1) is 10.3. The zero-order valence-corrected chi connectivity index (χ0v) is 8.63. The van der Waals surface area contributed by atoms with Gasteiger partial charge in [0.05, 0.1) is 6.54 Å². The third-order valence-corrected chi connectivity index (χ3v) is 2.26. The van der Waals surface area contributed by atoms with Crippen LogP contribution in [0.2, 0.25) is 0 Å². The minimum atomic E-state index is 0.561. The van der Waals surface area contributed by atoms with Crippen molar-refractivity contribution in [1.29, 1.82) is 0 Å². The molecule has 0 aliphatic rings. The Hall–Kier alpha value is -0.800. The molecule has 2 N–H and O–H groups in total. The summed E-state index contributed by atoms with van der Waals surface area (Å²) < 4.78 is 5.56. The molecule has 0 bridgehead atoms. The summed E-state index contributed by atoms with van der Waals surface area (Å²) in [5, 5.41) is 0. The van der Waals surface area contributed by atoms with Crippen molar-refractivity contribution in [3.63, 3.8) is 0 Å². The van der Waals surface area contributed by atoms with E-state index in [1.54, 1.807) is 0 Å². The number of furan rings is 1. The van der Waals surface area contributed by atoms with Crippen LogP contribution in [-0.2, 0) is 13.1 Å². The van der Waals surface area contributed by atoms with Gasteiger partial charge in [0, 0.05) is 12.1 Å². The van der Waals surface area contributed by atoms with Gasteiger partial charge in [-0.2, -0.15) is 0 Å². The van der Waals surface area contributed by atoms with E-state index >= 15 is 0 Å². The van der Waals surface area contributed by atoms with E-state index in [9.17, 15) is 0 Å². The quantitative estimate of drug-likeness (QED) is 0.767. The first-order valence-corrected chi connectivity index (χ1v) is 4.64. The van der Waals surface area contributed by atoms with Crippen molar-refractivity contribution >= 4 is 0 Å². The molecule has 1 rings (SSSR count). The van der Waals surface area contributed by atoms with Crippen molar-refractivity contribution in [3.05, 3.63) is 23.2 Å². The highest BCUT2D eigenvalue weighted by Gasteiger charge is 2.06. The Kier molecular flexibility index (Phi) is 3.51. The van der Waals surface area contributed by atoms with Gasteiger partial charge in [0.15, 0.2) is 0 Å². The van der Waals surface area contributed by atoms with Crippen molar-refractivity contribution in [3.8, 4) is 0 Å². The van der Waals surface area contributed by atoms with Crippen LogP contribution in [0.25, 0.3) is 0 Å². The molecule has 0 aromatic carbocycles. The minimum Gasteiger partial charge on any atom is -0.465 e. The molecule has 1 aromatic heterocycles. The van der Waals surface area contributed by atoms with Crippen molar-refractivity contribution in [2.24, 2.45) is 5.73 Å². The first-order valence-electron chi connectivity index (χ1n) is 4.64. The molecule has 0 aliphatic heterocycles. The van der Waals surface area contributed by atoms with Crippen LogP contribution >= 0.6 is 0 Å². The lowest BCUT2D eigenvalue weighted by Gasteiger charge is -2.10. The summed E-state index contributed by atoms with van der Waals surface area (Å²) in [6.07, 6.45) is 0. The summed E-state index contributed by atoms with van der Waals surface area (Å²) in [5.41, 5.74) is 6.66. The summed E-state index contributed by atoms with van der Waals surface area (Å²) in [5.74, 6) is 1.95. The second kappa shape index (κ2) is 4.44. The SMILES string of the molecule is CCN(C)Cc1cc(CN)c(C)o1. The fourth-order valence-electron chi connectivity index (χ4n) is 1.25. The van der Waals surface area contributed by atoms with E-state index in [-0.39, 0.29) is 0 Å². The zero-order valence-electron chi connectivity index (χ0n) is 8.63. The van der Waals surface area contributed by atoms with Gasteiger partial charge in [0.2, 0.25) is 0 Å². The molecule has 13 heavy (non-hydrogen) atoms. The highest BCUT2D eigenvalue weighted by Crippen LogP contribution is 2.14. The maximum Gasteiger partial charge on any atom is 0.118 e. The molecule has 0 fully saturated rings. The smallest absolute Gasteiger partial charge is 0.118 e.